The lowest BCUT2D eigenvalue weighted by atomic mass is 10.0. The summed E-state index contributed by atoms with van der Waals surface area (Å²) < 4.78 is 55.8. The Morgan fingerprint density at radius 1 is 1.29 bits per heavy atom. The maximum absolute atomic E-state index is 12.7. The lowest BCUT2D eigenvalue weighted by Crippen LogP contribution is -2.60. The minimum Gasteiger partial charge on any atom is -0.494 e. The lowest BCUT2D eigenvalue weighted by molar-refractivity contribution is -0.205. The Morgan fingerprint density at radius 3 is 2.33 bits per heavy atom. The first-order chi connectivity index (χ1) is 9.67. The highest BCUT2D eigenvalue weighted by molar-refractivity contribution is 5.79. The molecule has 0 saturated heterocycles. The van der Waals surface area contributed by atoms with E-state index in [9.17, 15) is 22.4 Å². The van der Waals surface area contributed by atoms with Crippen molar-refractivity contribution in [1.29, 1.82) is 0 Å². The molecule has 4 nitrogen and oxygen atoms in total. The summed E-state index contributed by atoms with van der Waals surface area (Å²) in [6.45, 7) is 0.450. The lowest BCUT2D eigenvalue weighted by Gasteiger charge is -2.28. The van der Waals surface area contributed by atoms with Gasteiger partial charge in [0, 0.05) is 0 Å². The second-order valence-electron chi connectivity index (χ2n) is 4.51. The van der Waals surface area contributed by atoms with Gasteiger partial charge >= 0.3 is 12.1 Å². The van der Waals surface area contributed by atoms with Gasteiger partial charge in [-0.15, -0.1) is 0 Å². The van der Waals surface area contributed by atoms with Gasteiger partial charge in [0.2, 0.25) is 5.54 Å². The fourth-order valence-electron chi connectivity index (χ4n) is 1.43. The van der Waals surface area contributed by atoms with Crippen LogP contribution in [0.1, 0.15) is 13.3 Å². The number of benzene rings is 1. The summed E-state index contributed by atoms with van der Waals surface area (Å²) in [6.07, 6.45) is -4.74. The van der Waals surface area contributed by atoms with E-state index in [-0.39, 0.29) is 19.6 Å². The number of nitrogens with one attached hydrogen (secondary N) is 1. The highest BCUT2D eigenvalue weighted by atomic mass is 19.4. The third-order valence-electron chi connectivity index (χ3n) is 2.88. The van der Waals surface area contributed by atoms with Crippen molar-refractivity contribution < 1.29 is 32.2 Å². The molecule has 1 unspecified atom stereocenters. The van der Waals surface area contributed by atoms with Crippen LogP contribution in [-0.2, 0) is 4.79 Å². The first-order valence-corrected chi connectivity index (χ1v) is 6.10. The second kappa shape index (κ2) is 6.75. The Labute approximate surface area is 118 Å². The predicted octanol–water partition coefficient (Wildman–Crippen LogP) is 2.59. The van der Waals surface area contributed by atoms with Crippen LogP contribution in [0.5, 0.6) is 5.75 Å². The van der Waals surface area contributed by atoms with Crippen molar-refractivity contribution in [2.45, 2.75) is 25.1 Å². The van der Waals surface area contributed by atoms with Gasteiger partial charge in [-0.25, -0.2) is 9.18 Å². The zero-order valence-electron chi connectivity index (χ0n) is 11.2. The molecule has 0 spiro atoms. The average molecular weight is 309 g/mol. The van der Waals surface area contributed by atoms with Crippen molar-refractivity contribution in [1.82, 2.24) is 5.32 Å². The number of carboxylic acids is 1. The van der Waals surface area contributed by atoms with Crippen LogP contribution >= 0.6 is 0 Å². The van der Waals surface area contributed by atoms with E-state index in [0.29, 0.717) is 12.7 Å². The molecule has 0 amide bonds. The summed E-state index contributed by atoms with van der Waals surface area (Å²) in [5.41, 5.74) is -3.00. The molecule has 0 fully saturated rings. The Kier molecular flexibility index (Phi) is 5.54. The van der Waals surface area contributed by atoms with Gasteiger partial charge in [-0.05, 0) is 44.2 Å². The molecular formula is C13H15F4NO3. The highest BCUT2D eigenvalue weighted by Gasteiger charge is 2.56. The van der Waals surface area contributed by atoms with Crippen LogP contribution in [0, 0.1) is 5.82 Å². The SMILES string of the molecule is CC(NCCCOc1ccc(F)cc1)(C(=O)O)C(F)(F)F. The van der Waals surface area contributed by atoms with Gasteiger partial charge in [0.1, 0.15) is 11.6 Å². The van der Waals surface area contributed by atoms with Gasteiger partial charge in [0.05, 0.1) is 6.61 Å². The molecule has 118 valence electrons. The van der Waals surface area contributed by atoms with E-state index in [4.69, 9.17) is 9.84 Å². The Bertz CT molecular complexity index is 475. The third-order valence-corrected chi connectivity index (χ3v) is 2.88. The fourth-order valence-corrected chi connectivity index (χ4v) is 1.43. The monoisotopic (exact) mass is 309 g/mol. The number of hydrogen-bond acceptors (Lipinski definition) is 3. The van der Waals surface area contributed by atoms with Crippen molar-refractivity contribution in [3.05, 3.63) is 30.1 Å². The third kappa shape index (κ3) is 4.59. The molecule has 0 bridgehead atoms. The number of ether oxygens (including phenoxy) is 1. The van der Waals surface area contributed by atoms with Crippen LogP contribution in [0.25, 0.3) is 0 Å². The van der Waals surface area contributed by atoms with Crippen molar-refractivity contribution >= 4 is 5.97 Å². The van der Waals surface area contributed by atoms with E-state index in [0.717, 1.165) is 0 Å². The highest BCUT2D eigenvalue weighted by Crippen LogP contribution is 2.30. The molecule has 8 heteroatoms. The number of aliphatic carboxylic acids is 1. The van der Waals surface area contributed by atoms with E-state index in [1.54, 1.807) is 0 Å². The van der Waals surface area contributed by atoms with Crippen molar-refractivity contribution in [2.75, 3.05) is 13.2 Å². The molecule has 0 saturated carbocycles. The number of rotatable bonds is 7. The molecule has 0 aliphatic rings. The summed E-state index contributed by atoms with van der Waals surface area (Å²) in [4.78, 5) is 10.7. The van der Waals surface area contributed by atoms with Gasteiger partial charge in [-0.3, -0.25) is 5.32 Å². The molecule has 2 N–H and O–H groups in total. The summed E-state index contributed by atoms with van der Waals surface area (Å²) >= 11 is 0. The predicted molar refractivity (Wildman–Crippen MR) is 66.6 cm³/mol. The Morgan fingerprint density at radius 2 is 1.86 bits per heavy atom. The van der Waals surface area contributed by atoms with Crippen LogP contribution < -0.4 is 10.1 Å². The van der Waals surface area contributed by atoms with Gasteiger partial charge in [-0.1, -0.05) is 0 Å². The van der Waals surface area contributed by atoms with Crippen LogP contribution in [0.3, 0.4) is 0 Å². The molecule has 0 aliphatic heterocycles. The maximum atomic E-state index is 12.7. The minimum absolute atomic E-state index is 0.0756. The Balaban J connectivity index is 2.39. The Hall–Kier alpha value is -1.83. The summed E-state index contributed by atoms with van der Waals surface area (Å²) in [5, 5.41) is 10.6. The molecule has 1 atom stereocenters. The van der Waals surface area contributed by atoms with E-state index >= 15 is 0 Å². The number of hydrogen-bond donors (Lipinski definition) is 2. The van der Waals surface area contributed by atoms with Crippen molar-refractivity contribution in [2.24, 2.45) is 0 Å². The van der Waals surface area contributed by atoms with Gasteiger partial charge in [-0.2, -0.15) is 13.2 Å². The normalized spacial score (nSPS) is 14.5. The van der Waals surface area contributed by atoms with Crippen LogP contribution in [0.2, 0.25) is 0 Å². The van der Waals surface area contributed by atoms with Gasteiger partial charge in [0.25, 0.3) is 0 Å². The van der Waals surface area contributed by atoms with Crippen LogP contribution in [-0.4, -0.2) is 35.9 Å². The first kappa shape index (κ1) is 17.2. The number of carboxylic acid groups (broad SMARTS) is 1. The van der Waals surface area contributed by atoms with Gasteiger partial charge < -0.3 is 9.84 Å². The summed E-state index contributed by atoms with van der Waals surface area (Å²) in [5.74, 6) is -2.03. The molecular weight excluding hydrogens is 294 g/mol. The fraction of sp³-hybridized carbons (Fsp3) is 0.462. The van der Waals surface area contributed by atoms with E-state index in [1.807, 2.05) is 5.32 Å². The molecule has 21 heavy (non-hydrogen) atoms. The molecule has 0 radical (unpaired) electrons. The average Bonchev–Trinajstić information content (AvgIpc) is 2.38. The molecule has 0 aliphatic carbocycles. The molecule has 1 aromatic carbocycles. The van der Waals surface area contributed by atoms with Crippen LogP contribution in [0.4, 0.5) is 17.6 Å². The van der Waals surface area contributed by atoms with Crippen LogP contribution in [0.15, 0.2) is 24.3 Å². The smallest absolute Gasteiger partial charge is 0.417 e. The van der Waals surface area contributed by atoms with Gasteiger partial charge in [0.15, 0.2) is 0 Å². The zero-order chi connectivity index (χ0) is 16.1. The topological polar surface area (TPSA) is 58.6 Å². The zero-order valence-corrected chi connectivity index (χ0v) is 11.2. The quantitative estimate of drug-likeness (QED) is 0.600. The second-order valence-corrected chi connectivity index (χ2v) is 4.51. The molecule has 0 aromatic heterocycles. The molecule has 0 heterocycles. The van der Waals surface area contributed by atoms with E-state index in [2.05, 4.69) is 0 Å². The standard InChI is InChI=1S/C13H15F4NO3/c1-12(11(19)20,13(15,16)17)18-7-2-8-21-10-5-3-9(14)4-6-10/h3-6,18H,2,7-8H2,1H3,(H,19,20). The number of halogens is 4. The molecule has 1 rings (SSSR count). The van der Waals surface area contributed by atoms with E-state index in [1.165, 1.54) is 24.3 Å². The van der Waals surface area contributed by atoms with Crippen molar-refractivity contribution in [3.63, 3.8) is 0 Å². The number of alkyl halides is 3. The van der Waals surface area contributed by atoms with E-state index < -0.39 is 23.5 Å². The maximum Gasteiger partial charge on any atom is 0.417 e. The number of carbonyl (C=O) groups is 1. The minimum atomic E-state index is -4.91. The summed E-state index contributed by atoms with van der Waals surface area (Å²) in [7, 11) is 0. The van der Waals surface area contributed by atoms with Crippen molar-refractivity contribution in [3.8, 4) is 5.75 Å². The largest absolute Gasteiger partial charge is 0.494 e. The molecule has 1 aromatic rings. The first-order valence-electron chi connectivity index (χ1n) is 6.10. The summed E-state index contributed by atoms with van der Waals surface area (Å²) in [6, 6.07) is 5.16.